The first-order valence-corrected chi connectivity index (χ1v) is 7.82. The van der Waals surface area contributed by atoms with Gasteiger partial charge < -0.3 is 10.5 Å². The molecule has 0 bridgehead atoms. The van der Waals surface area contributed by atoms with Crippen molar-refractivity contribution in [3.8, 4) is 11.3 Å². The monoisotopic (exact) mass is 335 g/mol. The Hall–Kier alpha value is -1.96. The molecule has 126 valence electrons. The third-order valence-corrected chi connectivity index (χ3v) is 4.17. The van der Waals surface area contributed by atoms with E-state index in [-0.39, 0.29) is 18.2 Å². The molecule has 0 unspecified atom stereocenters. The molecule has 1 aliphatic rings. The molecule has 1 atom stereocenters. The van der Waals surface area contributed by atoms with Crippen molar-refractivity contribution in [2.75, 3.05) is 6.54 Å². The zero-order chi connectivity index (χ0) is 17.3. The van der Waals surface area contributed by atoms with Crippen LogP contribution in [0, 0.1) is 0 Å². The molecule has 0 amide bonds. The molecule has 2 radical (unpaired) electrons. The molecular formula is C16H17BF3N3O. The number of hydrogen-bond donors (Lipinski definition) is 2. The van der Waals surface area contributed by atoms with E-state index in [2.05, 4.69) is 10.3 Å². The molecule has 1 aromatic heterocycles. The lowest BCUT2D eigenvalue weighted by Gasteiger charge is -2.11. The second kappa shape index (κ2) is 6.51. The maximum Gasteiger partial charge on any atom is 0.389 e. The Morgan fingerprint density at radius 1 is 1.29 bits per heavy atom. The summed E-state index contributed by atoms with van der Waals surface area (Å²) in [7, 11) is 5.66. The molecule has 8 heteroatoms. The first-order valence-electron chi connectivity index (χ1n) is 7.82. The van der Waals surface area contributed by atoms with E-state index in [1.807, 2.05) is 0 Å². The average Bonchev–Trinajstić information content (AvgIpc) is 3.13. The van der Waals surface area contributed by atoms with E-state index in [1.165, 1.54) is 0 Å². The van der Waals surface area contributed by atoms with Gasteiger partial charge in [0.2, 0.25) is 0 Å². The number of hydrogen-bond acceptors (Lipinski definition) is 3. The summed E-state index contributed by atoms with van der Waals surface area (Å²) in [6.45, 7) is 0.798. The van der Waals surface area contributed by atoms with E-state index >= 15 is 0 Å². The fourth-order valence-corrected chi connectivity index (χ4v) is 2.95. The standard InChI is InChI=1S/C16H17BF3N3O/c17-11-5-3-10(4-6-11)14-13(7-8-16(18,19)20)23(24)15(22-14)12-2-1-9-21-12/h3-6,12,21,24H,1-2,7-9H2/t12-/m0/s1. The van der Waals surface area contributed by atoms with Crippen LogP contribution < -0.4 is 10.8 Å². The Labute approximate surface area is 139 Å². The number of nitrogens with zero attached hydrogens (tertiary/aromatic N) is 2. The highest BCUT2D eigenvalue weighted by Crippen LogP contribution is 2.31. The summed E-state index contributed by atoms with van der Waals surface area (Å²) in [5, 5.41) is 13.6. The second-order valence-corrected chi connectivity index (χ2v) is 5.96. The van der Waals surface area contributed by atoms with E-state index in [1.54, 1.807) is 24.3 Å². The van der Waals surface area contributed by atoms with Crippen LogP contribution in [-0.2, 0) is 6.42 Å². The molecule has 3 rings (SSSR count). The SMILES string of the molecule is [B]c1ccc(-c2nc([C@@H]3CCCN3)n(O)c2CCC(F)(F)F)cc1. The maximum absolute atomic E-state index is 12.6. The van der Waals surface area contributed by atoms with Gasteiger partial charge in [-0.1, -0.05) is 29.7 Å². The minimum Gasteiger partial charge on any atom is -0.427 e. The van der Waals surface area contributed by atoms with Gasteiger partial charge in [-0.3, -0.25) is 0 Å². The number of nitrogens with one attached hydrogen (secondary N) is 1. The van der Waals surface area contributed by atoms with Gasteiger partial charge in [-0.25, -0.2) is 4.98 Å². The van der Waals surface area contributed by atoms with Gasteiger partial charge in [-0.15, -0.1) is 0 Å². The summed E-state index contributed by atoms with van der Waals surface area (Å²) in [5.74, 6) is 0.358. The number of rotatable bonds is 4. The van der Waals surface area contributed by atoms with Crippen molar-refractivity contribution in [1.29, 1.82) is 0 Å². The van der Waals surface area contributed by atoms with E-state index < -0.39 is 12.6 Å². The molecule has 0 spiro atoms. The second-order valence-electron chi connectivity index (χ2n) is 5.96. The summed E-state index contributed by atoms with van der Waals surface area (Å²) < 4.78 is 38.7. The summed E-state index contributed by atoms with van der Waals surface area (Å²) in [5.41, 5.74) is 1.72. The van der Waals surface area contributed by atoms with Crippen LogP contribution in [-0.4, -0.2) is 35.5 Å². The number of imidazole rings is 1. The molecule has 24 heavy (non-hydrogen) atoms. The zero-order valence-electron chi connectivity index (χ0n) is 13.0. The molecule has 2 aromatic rings. The molecule has 1 fully saturated rings. The van der Waals surface area contributed by atoms with Crippen LogP contribution in [0.3, 0.4) is 0 Å². The third-order valence-electron chi connectivity index (χ3n) is 4.17. The molecule has 2 N–H and O–H groups in total. The van der Waals surface area contributed by atoms with Gasteiger partial charge >= 0.3 is 6.18 Å². The summed E-state index contributed by atoms with van der Waals surface area (Å²) in [6, 6.07) is 6.56. The number of alkyl halides is 3. The number of halogens is 3. The maximum atomic E-state index is 12.6. The molecule has 2 heterocycles. The first-order chi connectivity index (χ1) is 11.3. The van der Waals surface area contributed by atoms with Gasteiger partial charge in [-0.2, -0.15) is 17.9 Å². The largest absolute Gasteiger partial charge is 0.427 e. The van der Waals surface area contributed by atoms with Crippen LogP contribution in [0.15, 0.2) is 24.3 Å². The van der Waals surface area contributed by atoms with E-state index in [0.29, 0.717) is 22.5 Å². The fraction of sp³-hybridized carbons (Fsp3) is 0.438. The Morgan fingerprint density at radius 2 is 2.00 bits per heavy atom. The van der Waals surface area contributed by atoms with Crippen LogP contribution in [0.1, 0.15) is 36.8 Å². The highest BCUT2D eigenvalue weighted by Gasteiger charge is 2.31. The van der Waals surface area contributed by atoms with Crippen LogP contribution in [0.5, 0.6) is 0 Å². The fourth-order valence-electron chi connectivity index (χ4n) is 2.95. The minimum atomic E-state index is -4.30. The molecule has 1 aliphatic heterocycles. The number of benzene rings is 1. The highest BCUT2D eigenvalue weighted by atomic mass is 19.4. The van der Waals surface area contributed by atoms with Crippen molar-refractivity contribution < 1.29 is 18.4 Å². The van der Waals surface area contributed by atoms with Gasteiger partial charge in [0.1, 0.15) is 7.85 Å². The average molecular weight is 335 g/mol. The van der Waals surface area contributed by atoms with E-state index in [4.69, 9.17) is 7.85 Å². The molecular weight excluding hydrogens is 318 g/mol. The molecule has 0 saturated carbocycles. The van der Waals surface area contributed by atoms with E-state index in [9.17, 15) is 18.4 Å². The van der Waals surface area contributed by atoms with Gasteiger partial charge in [0.05, 0.1) is 17.4 Å². The summed E-state index contributed by atoms with van der Waals surface area (Å²) in [6.07, 6.45) is -3.92. The van der Waals surface area contributed by atoms with Crippen molar-refractivity contribution in [2.24, 2.45) is 0 Å². The van der Waals surface area contributed by atoms with Crippen LogP contribution in [0.25, 0.3) is 11.3 Å². The smallest absolute Gasteiger partial charge is 0.389 e. The quantitative estimate of drug-likeness (QED) is 0.667. The van der Waals surface area contributed by atoms with Crippen molar-refractivity contribution >= 4 is 13.3 Å². The normalized spacial score (nSPS) is 18.2. The topological polar surface area (TPSA) is 50.1 Å². The Morgan fingerprint density at radius 3 is 2.58 bits per heavy atom. The predicted octanol–water partition coefficient (Wildman–Crippen LogP) is 2.50. The van der Waals surface area contributed by atoms with Crippen molar-refractivity contribution in [2.45, 2.75) is 37.9 Å². The van der Waals surface area contributed by atoms with Gasteiger partial charge in [0.15, 0.2) is 5.82 Å². The Bertz CT molecular complexity index is 707. The lowest BCUT2D eigenvalue weighted by Crippen LogP contribution is -2.18. The van der Waals surface area contributed by atoms with Gasteiger partial charge in [0.25, 0.3) is 0 Å². The first kappa shape index (κ1) is 16.9. The van der Waals surface area contributed by atoms with Crippen LogP contribution >= 0.6 is 0 Å². The van der Waals surface area contributed by atoms with Crippen molar-refractivity contribution in [1.82, 2.24) is 15.0 Å². The van der Waals surface area contributed by atoms with Crippen LogP contribution in [0.4, 0.5) is 13.2 Å². The summed E-state index contributed by atoms with van der Waals surface area (Å²) >= 11 is 0. The molecule has 1 saturated heterocycles. The van der Waals surface area contributed by atoms with E-state index in [0.717, 1.165) is 24.1 Å². The Balaban J connectivity index is 2.00. The number of aromatic nitrogens is 2. The predicted molar refractivity (Wildman–Crippen MR) is 84.6 cm³/mol. The van der Waals surface area contributed by atoms with Crippen LogP contribution in [0.2, 0.25) is 0 Å². The Kier molecular flexibility index (Phi) is 4.58. The van der Waals surface area contributed by atoms with Gasteiger partial charge in [0, 0.05) is 18.4 Å². The molecule has 0 aliphatic carbocycles. The summed E-state index contributed by atoms with van der Waals surface area (Å²) in [4.78, 5) is 4.43. The van der Waals surface area contributed by atoms with Crippen molar-refractivity contribution in [3.63, 3.8) is 0 Å². The highest BCUT2D eigenvalue weighted by molar-refractivity contribution is 6.32. The van der Waals surface area contributed by atoms with Crippen molar-refractivity contribution in [3.05, 3.63) is 35.8 Å². The molecule has 1 aromatic carbocycles. The van der Waals surface area contributed by atoms with Gasteiger partial charge in [-0.05, 0) is 19.4 Å². The molecule has 4 nitrogen and oxygen atoms in total. The zero-order valence-corrected chi connectivity index (χ0v) is 13.0. The minimum absolute atomic E-state index is 0.151. The lowest BCUT2D eigenvalue weighted by atomic mass is 9.94. The third kappa shape index (κ3) is 3.58. The lowest BCUT2D eigenvalue weighted by molar-refractivity contribution is -0.134.